The van der Waals surface area contributed by atoms with Gasteiger partial charge in [-0.3, -0.25) is 9.52 Å². The van der Waals surface area contributed by atoms with E-state index in [9.17, 15) is 26.4 Å². The third-order valence-corrected chi connectivity index (χ3v) is 6.10. The summed E-state index contributed by atoms with van der Waals surface area (Å²) in [6, 6.07) is 7.03. The largest absolute Gasteiger partial charge is 0.433 e. The number of aromatic nitrogens is 1. The molecule has 35 heavy (non-hydrogen) atoms. The van der Waals surface area contributed by atoms with Crippen molar-refractivity contribution in [2.75, 3.05) is 34.3 Å². The second-order valence-corrected chi connectivity index (χ2v) is 10.8. The van der Waals surface area contributed by atoms with Crippen molar-refractivity contribution in [1.82, 2.24) is 4.98 Å². The minimum Gasteiger partial charge on any atom is -0.355 e. The first-order valence-corrected chi connectivity index (χ1v) is 13.2. The summed E-state index contributed by atoms with van der Waals surface area (Å²) in [5.41, 5.74) is -0.253. The lowest BCUT2D eigenvalue weighted by Gasteiger charge is -2.29. The van der Waals surface area contributed by atoms with Gasteiger partial charge in [0.15, 0.2) is 5.82 Å². The number of hydrogen-bond donors (Lipinski definition) is 2. The van der Waals surface area contributed by atoms with E-state index in [-0.39, 0.29) is 11.5 Å². The third-order valence-electron chi connectivity index (χ3n) is 5.51. The van der Waals surface area contributed by atoms with Crippen LogP contribution in [0.4, 0.5) is 30.4 Å². The molecule has 1 aromatic heterocycles. The summed E-state index contributed by atoms with van der Waals surface area (Å²) in [5.74, 6) is -0.354. The molecule has 0 atom stereocenters. The molecule has 0 radical (unpaired) electrons. The van der Waals surface area contributed by atoms with Gasteiger partial charge in [0, 0.05) is 13.1 Å². The number of amides is 1. The Morgan fingerprint density at radius 3 is 2.09 bits per heavy atom. The smallest absolute Gasteiger partial charge is 0.355 e. The van der Waals surface area contributed by atoms with Gasteiger partial charge in [-0.05, 0) is 62.9 Å². The van der Waals surface area contributed by atoms with Gasteiger partial charge in [-0.25, -0.2) is 13.4 Å². The Hall–Kier alpha value is -2.82. The number of nitrogens with zero attached hydrogens (tertiary/aromatic N) is 2. The van der Waals surface area contributed by atoms with Gasteiger partial charge in [0.2, 0.25) is 15.9 Å². The van der Waals surface area contributed by atoms with Crippen molar-refractivity contribution in [3.63, 3.8) is 0 Å². The number of carbonyl (C=O) groups is 1. The van der Waals surface area contributed by atoms with Crippen molar-refractivity contribution >= 4 is 33.1 Å². The molecule has 0 fully saturated rings. The number of benzene rings is 1. The molecular weight excluding hydrogens is 481 g/mol. The van der Waals surface area contributed by atoms with E-state index in [0.717, 1.165) is 12.3 Å². The topological polar surface area (TPSA) is 91.4 Å². The van der Waals surface area contributed by atoms with E-state index in [1.807, 2.05) is 13.8 Å². The van der Waals surface area contributed by atoms with E-state index in [4.69, 9.17) is 0 Å². The lowest BCUT2D eigenvalue weighted by molar-refractivity contribution is -0.141. The monoisotopic (exact) mass is 514 g/mol. The van der Waals surface area contributed by atoms with Gasteiger partial charge in [0.05, 0.1) is 23.0 Å². The van der Waals surface area contributed by atoms with Crippen molar-refractivity contribution in [3.8, 4) is 0 Å². The van der Waals surface area contributed by atoms with Crippen LogP contribution >= 0.6 is 0 Å². The average Bonchev–Trinajstić information content (AvgIpc) is 2.73. The second-order valence-electron chi connectivity index (χ2n) is 9.04. The first-order valence-electron chi connectivity index (χ1n) is 11.3. The number of aryl methyl sites for hydroxylation is 1. The number of nitrogens with one attached hydrogen (secondary N) is 2. The fourth-order valence-electron chi connectivity index (χ4n) is 3.58. The van der Waals surface area contributed by atoms with Gasteiger partial charge in [-0.15, -0.1) is 0 Å². The standard InChI is InChI=1S/C24H33F3N4O3S/c1-7-13-31(14-8-2)21-19(11-12-20(29-21)24(25,26)27)28-22(32)23(4,5)17-9-10-18(16(3)15-17)30-35(6,33)34/h9-12,15,30H,7-8,13-14H2,1-6H3,(H,28,32). The minimum absolute atomic E-state index is 0.0801. The van der Waals surface area contributed by atoms with Crippen molar-refractivity contribution in [2.45, 2.75) is 59.1 Å². The summed E-state index contributed by atoms with van der Waals surface area (Å²) in [6.45, 7) is 9.91. The Morgan fingerprint density at radius 2 is 1.60 bits per heavy atom. The van der Waals surface area contributed by atoms with Crippen LogP contribution in [0.1, 0.15) is 57.4 Å². The molecule has 0 spiro atoms. The number of pyridine rings is 1. The molecule has 0 unspecified atom stereocenters. The highest BCUT2D eigenvalue weighted by Gasteiger charge is 2.35. The van der Waals surface area contributed by atoms with Crippen LogP contribution in [0.3, 0.4) is 0 Å². The van der Waals surface area contributed by atoms with Gasteiger partial charge < -0.3 is 10.2 Å². The number of halogens is 3. The molecule has 0 saturated carbocycles. The van der Waals surface area contributed by atoms with Crippen LogP contribution < -0.4 is 14.9 Å². The van der Waals surface area contributed by atoms with Crippen LogP contribution in [0, 0.1) is 6.92 Å². The Kier molecular flexibility index (Phi) is 8.80. The summed E-state index contributed by atoms with van der Waals surface area (Å²) in [6.07, 6.45) is -2.17. The van der Waals surface area contributed by atoms with Gasteiger partial charge in [0.1, 0.15) is 5.69 Å². The fourth-order valence-corrected chi connectivity index (χ4v) is 4.21. The van der Waals surface area contributed by atoms with E-state index >= 15 is 0 Å². The molecule has 0 aliphatic rings. The number of rotatable bonds is 10. The SMILES string of the molecule is CCCN(CCC)c1nc(C(F)(F)F)ccc1NC(=O)C(C)(C)c1ccc(NS(C)(=O)=O)c(C)c1. The van der Waals surface area contributed by atoms with E-state index in [0.29, 0.717) is 42.7 Å². The number of carbonyl (C=O) groups excluding carboxylic acids is 1. The predicted octanol–water partition coefficient (Wildman–Crippen LogP) is 5.32. The molecule has 1 heterocycles. The van der Waals surface area contributed by atoms with Crippen LogP contribution in [-0.4, -0.2) is 38.7 Å². The first-order chi connectivity index (χ1) is 16.1. The molecule has 1 amide bonds. The number of anilines is 3. The maximum absolute atomic E-state index is 13.4. The number of sulfonamides is 1. The average molecular weight is 515 g/mol. The zero-order valence-corrected chi connectivity index (χ0v) is 21.7. The van der Waals surface area contributed by atoms with Gasteiger partial charge in [-0.2, -0.15) is 13.2 Å². The summed E-state index contributed by atoms with van der Waals surface area (Å²) >= 11 is 0. The van der Waals surface area contributed by atoms with Crippen LogP contribution in [0.2, 0.25) is 0 Å². The molecular formula is C24H33F3N4O3S. The molecule has 2 aromatic rings. The van der Waals surface area contributed by atoms with Crippen LogP contribution in [0.25, 0.3) is 0 Å². The normalized spacial score (nSPS) is 12.4. The first kappa shape index (κ1) is 28.4. The number of hydrogen-bond acceptors (Lipinski definition) is 5. The van der Waals surface area contributed by atoms with E-state index in [2.05, 4.69) is 15.0 Å². The zero-order valence-electron chi connectivity index (χ0n) is 20.9. The Morgan fingerprint density at radius 1 is 1.03 bits per heavy atom. The highest BCUT2D eigenvalue weighted by Crippen LogP contribution is 2.35. The fraction of sp³-hybridized carbons (Fsp3) is 0.500. The molecule has 1 aromatic carbocycles. The molecule has 0 aliphatic carbocycles. The maximum atomic E-state index is 13.4. The van der Waals surface area contributed by atoms with Crippen molar-refractivity contribution < 1.29 is 26.4 Å². The molecule has 0 saturated heterocycles. The van der Waals surface area contributed by atoms with Gasteiger partial charge in [0.25, 0.3) is 0 Å². The van der Waals surface area contributed by atoms with Crippen LogP contribution in [0.15, 0.2) is 30.3 Å². The molecule has 194 valence electrons. The van der Waals surface area contributed by atoms with Crippen molar-refractivity contribution in [1.29, 1.82) is 0 Å². The minimum atomic E-state index is -4.61. The Balaban J connectivity index is 2.44. The van der Waals surface area contributed by atoms with E-state index in [1.165, 1.54) is 6.07 Å². The Bertz CT molecular complexity index is 1160. The van der Waals surface area contributed by atoms with Gasteiger partial charge >= 0.3 is 6.18 Å². The van der Waals surface area contributed by atoms with Crippen molar-refractivity contribution in [2.24, 2.45) is 0 Å². The van der Waals surface area contributed by atoms with Crippen LogP contribution in [0.5, 0.6) is 0 Å². The van der Waals surface area contributed by atoms with Crippen molar-refractivity contribution in [3.05, 3.63) is 47.2 Å². The lowest BCUT2D eigenvalue weighted by atomic mass is 9.82. The molecule has 7 nitrogen and oxygen atoms in total. The summed E-state index contributed by atoms with van der Waals surface area (Å²) in [5, 5.41) is 2.78. The molecule has 11 heteroatoms. The van der Waals surface area contributed by atoms with E-state index in [1.54, 1.807) is 43.9 Å². The third kappa shape index (κ3) is 7.33. The summed E-state index contributed by atoms with van der Waals surface area (Å²) in [7, 11) is -3.46. The maximum Gasteiger partial charge on any atom is 0.433 e. The quantitative estimate of drug-likeness (QED) is 0.448. The van der Waals surface area contributed by atoms with Crippen LogP contribution in [-0.2, 0) is 26.4 Å². The molecule has 2 N–H and O–H groups in total. The molecule has 0 bridgehead atoms. The van der Waals surface area contributed by atoms with E-state index < -0.39 is 33.2 Å². The highest BCUT2D eigenvalue weighted by molar-refractivity contribution is 7.92. The second kappa shape index (κ2) is 10.8. The number of alkyl halides is 3. The molecule has 0 aliphatic heterocycles. The van der Waals surface area contributed by atoms with Gasteiger partial charge in [-0.1, -0.05) is 26.0 Å². The zero-order chi connectivity index (χ0) is 26.6. The highest BCUT2D eigenvalue weighted by atomic mass is 32.2. The molecule has 2 rings (SSSR count). The predicted molar refractivity (Wildman–Crippen MR) is 133 cm³/mol. The Labute approximate surface area is 205 Å². The summed E-state index contributed by atoms with van der Waals surface area (Å²) < 4.78 is 65.6. The lowest BCUT2D eigenvalue weighted by Crippen LogP contribution is -2.36. The summed E-state index contributed by atoms with van der Waals surface area (Å²) in [4.78, 5) is 19.0.